The molecule has 0 aromatic heterocycles. The number of hydrogen-bond acceptors (Lipinski definition) is 1. The Morgan fingerprint density at radius 1 is 1.29 bits per heavy atom. The highest BCUT2D eigenvalue weighted by atomic mass is 28.4. The van der Waals surface area contributed by atoms with E-state index in [4.69, 9.17) is 4.43 Å². The lowest BCUT2D eigenvalue weighted by Gasteiger charge is -2.39. The molecule has 0 fully saturated rings. The molecule has 0 aromatic carbocycles. The van der Waals surface area contributed by atoms with Crippen molar-refractivity contribution in [1.82, 2.24) is 0 Å². The van der Waals surface area contributed by atoms with Gasteiger partial charge in [-0.3, -0.25) is 0 Å². The molecule has 0 bridgehead atoms. The molecule has 0 aromatic rings. The van der Waals surface area contributed by atoms with Gasteiger partial charge in [-0.15, -0.1) is 6.58 Å². The van der Waals surface area contributed by atoms with Gasteiger partial charge in [0.25, 0.3) is 0 Å². The highest BCUT2D eigenvalue weighted by Crippen LogP contribution is 2.38. The Morgan fingerprint density at radius 2 is 1.88 bits per heavy atom. The third-order valence-corrected chi connectivity index (χ3v) is 8.12. The van der Waals surface area contributed by atoms with Gasteiger partial charge in [-0.1, -0.05) is 39.0 Å². The van der Waals surface area contributed by atoms with E-state index in [0.717, 1.165) is 19.3 Å². The lowest BCUT2D eigenvalue weighted by atomic mass is 10.1. The molecular weight excluding hydrogens is 224 g/mol. The van der Waals surface area contributed by atoms with E-state index in [-0.39, 0.29) is 5.04 Å². The van der Waals surface area contributed by atoms with Crippen LogP contribution in [0.4, 0.5) is 0 Å². The summed E-state index contributed by atoms with van der Waals surface area (Å²) in [6.45, 7) is 17.4. The van der Waals surface area contributed by atoms with Crippen molar-refractivity contribution < 1.29 is 4.43 Å². The maximum atomic E-state index is 6.42. The molecule has 1 nitrogen and oxygen atoms in total. The van der Waals surface area contributed by atoms with Crippen LogP contribution in [0.5, 0.6) is 0 Å². The highest BCUT2D eigenvalue weighted by molar-refractivity contribution is 6.74. The van der Waals surface area contributed by atoms with Crippen LogP contribution in [0.3, 0.4) is 0 Å². The number of allylic oxidation sites excluding steroid dienone is 2. The number of rotatable bonds is 7. The first-order valence-corrected chi connectivity index (χ1v) is 9.55. The fourth-order valence-corrected chi connectivity index (χ4v) is 2.85. The minimum Gasteiger partial charge on any atom is -0.414 e. The molecule has 0 saturated heterocycles. The van der Waals surface area contributed by atoms with Gasteiger partial charge in [0, 0.05) is 6.10 Å². The Morgan fingerprint density at radius 3 is 2.29 bits per heavy atom. The van der Waals surface area contributed by atoms with Gasteiger partial charge in [0.1, 0.15) is 0 Å². The topological polar surface area (TPSA) is 9.23 Å². The summed E-state index contributed by atoms with van der Waals surface area (Å²) in [5.74, 6) is 0. The lowest BCUT2D eigenvalue weighted by Crippen LogP contribution is -2.43. The zero-order chi connectivity index (χ0) is 13.5. The van der Waals surface area contributed by atoms with Gasteiger partial charge in [0.2, 0.25) is 0 Å². The molecular formula is C15H30OSi. The Kier molecular flexibility index (Phi) is 7.03. The van der Waals surface area contributed by atoms with Crippen LogP contribution in [0.25, 0.3) is 0 Å². The van der Waals surface area contributed by atoms with Crippen LogP contribution >= 0.6 is 0 Å². The van der Waals surface area contributed by atoms with E-state index >= 15 is 0 Å². The molecule has 1 atom stereocenters. The summed E-state index contributed by atoms with van der Waals surface area (Å²) in [6, 6.07) is 0. The van der Waals surface area contributed by atoms with Crippen molar-refractivity contribution in [2.24, 2.45) is 0 Å². The second kappa shape index (κ2) is 7.17. The summed E-state index contributed by atoms with van der Waals surface area (Å²) in [4.78, 5) is 0. The standard InChI is InChI=1S/C15H30OSi/c1-8-10-11-13-14(12-9-2)16-17(6,7)15(3,4)5/h8-10,14H,2,11-13H2,1,3-7H3. The first-order valence-electron chi connectivity index (χ1n) is 6.64. The van der Waals surface area contributed by atoms with Crippen molar-refractivity contribution in [3.05, 3.63) is 24.8 Å². The van der Waals surface area contributed by atoms with Crippen LogP contribution in [-0.2, 0) is 4.43 Å². The van der Waals surface area contributed by atoms with Gasteiger partial charge >= 0.3 is 0 Å². The predicted octanol–water partition coefficient (Wildman–Crippen LogP) is 5.31. The van der Waals surface area contributed by atoms with Gasteiger partial charge in [0.05, 0.1) is 0 Å². The summed E-state index contributed by atoms with van der Waals surface area (Å²) < 4.78 is 6.42. The molecule has 0 amide bonds. The van der Waals surface area contributed by atoms with Crippen LogP contribution in [-0.4, -0.2) is 14.4 Å². The molecule has 100 valence electrons. The van der Waals surface area contributed by atoms with Crippen LogP contribution in [0.15, 0.2) is 24.8 Å². The molecule has 0 aliphatic rings. The maximum absolute atomic E-state index is 6.42. The molecule has 0 aliphatic carbocycles. The Labute approximate surface area is 109 Å². The smallest absolute Gasteiger partial charge is 0.192 e. The molecule has 0 aliphatic heterocycles. The monoisotopic (exact) mass is 254 g/mol. The fourth-order valence-electron chi connectivity index (χ4n) is 1.45. The normalized spacial score (nSPS) is 15.2. The Bertz CT molecular complexity index is 248. The van der Waals surface area contributed by atoms with Crippen LogP contribution < -0.4 is 0 Å². The Balaban J connectivity index is 4.47. The molecule has 0 N–H and O–H groups in total. The molecule has 0 radical (unpaired) electrons. The molecule has 17 heavy (non-hydrogen) atoms. The van der Waals surface area contributed by atoms with Gasteiger partial charge in [-0.2, -0.15) is 0 Å². The largest absolute Gasteiger partial charge is 0.414 e. The zero-order valence-corrected chi connectivity index (χ0v) is 13.5. The third-order valence-electron chi connectivity index (χ3n) is 3.59. The van der Waals surface area contributed by atoms with Crippen molar-refractivity contribution >= 4 is 8.32 Å². The fraction of sp³-hybridized carbons (Fsp3) is 0.733. The van der Waals surface area contributed by atoms with Gasteiger partial charge in [-0.05, 0) is 44.3 Å². The summed E-state index contributed by atoms with van der Waals surface area (Å²) in [5, 5.41) is 0.285. The molecule has 1 unspecified atom stereocenters. The maximum Gasteiger partial charge on any atom is 0.192 e. The van der Waals surface area contributed by atoms with E-state index in [0.29, 0.717) is 6.10 Å². The first-order chi connectivity index (χ1) is 7.74. The molecule has 0 spiro atoms. The average molecular weight is 254 g/mol. The summed E-state index contributed by atoms with van der Waals surface area (Å²) in [7, 11) is -1.64. The van der Waals surface area contributed by atoms with Gasteiger partial charge < -0.3 is 4.43 Å². The van der Waals surface area contributed by atoms with E-state index in [2.05, 4.69) is 59.5 Å². The first kappa shape index (κ1) is 16.7. The molecule has 0 rings (SSSR count). The van der Waals surface area contributed by atoms with Crippen molar-refractivity contribution in [1.29, 1.82) is 0 Å². The van der Waals surface area contributed by atoms with Crippen LogP contribution in [0.2, 0.25) is 18.1 Å². The summed E-state index contributed by atoms with van der Waals surface area (Å²) in [5.41, 5.74) is 0. The van der Waals surface area contributed by atoms with Crippen molar-refractivity contribution in [2.45, 2.75) is 71.2 Å². The van der Waals surface area contributed by atoms with E-state index in [1.54, 1.807) is 0 Å². The third kappa shape index (κ3) is 6.23. The molecule has 0 heterocycles. The minimum atomic E-state index is -1.64. The lowest BCUT2D eigenvalue weighted by molar-refractivity contribution is 0.175. The number of hydrogen-bond donors (Lipinski definition) is 0. The van der Waals surface area contributed by atoms with Crippen molar-refractivity contribution in [3.63, 3.8) is 0 Å². The predicted molar refractivity (Wildman–Crippen MR) is 80.9 cm³/mol. The van der Waals surface area contributed by atoms with E-state index in [1.807, 2.05) is 6.08 Å². The van der Waals surface area contributed by atoms with Crippen molar-refractivity contribution in [3.8, 4) is 0 Å². The Hall–Kier alpha value is -0.343. The van der Waals surface area contributed by atoms with Crippen LogP contribution in [0, 0.1) is 0 Å². The molecule has 2 heteroatoms. The van der Waals surface area contributed by atoms with E-state index in [9.17, 15) is 0 Å². The second-order valence-corrected chi connectivity index (χ2v) is 10.9. The van der Waals surface area contributed by atoms with Crippen molar-refractivity contribution in [2.75, 3.05) is 0 Å². The molecule has 0 saturated carbocycles. The SMILES string of the molecule is C=CCC(CCC=CC)O[Si](C)(C)C(C)(C)C. The van der Waals surface area contributed by atoms with E-state index < -0.39 is 8.32 Å². The van der Waals surface area contributed by atoms with Gasteiger partial charge in [0.15, 0.2) is 8.32 Å². The zero-order valence-electron chi connectivity index (χ0n) is 12.5. The van der Waals surface area contributed by atoms with E-state index in [1.165, 1.54) is 0 Å². The average Bonchev–Trinajstić information content (AvgIpc) is 2.16. The highest BCUT2D eigenvalue weighted by Gasteiger charge is 2.38. The van der Waals surface area contributed by atoms with Gasteiger partial charge in [-0.25, -0.2) is 0 Å². The summed E-state index contributed by atoms with van der Waals surface area (Å²) >= 11 is 0. The second-order valence-electron chi connectivity index (χ2n) is 6.17. The minimum absolute atomic E-state index is 0.285. The van der Waals surface area contributed by atoms with Crippen LogP contribution in [0.1, 0.15) is 47.0 Å². The summed E-state index contributed by atoms with van der Waals surface area (Å²) in [6.07, 6.45) is 9.80. The quantitative estimate of drug-likeness (QED) is 0.442.